The number of rotatable bonds is 1. The van der Waals surface area contributed by atoms with Crippen molar-refractivity contribution in [3.8, 4) is 0 Å². The van der Waals surface area contributed by atoms with Gasteiger partial charge in [-0.25, -0.2) is 0 Å². The summed E-state index contributed by atoms with van der Waals surface area (Å²) in [7, 11) is 0. The van der Waals surface area contributed by atoms with Crippen LogP contribution < -0.4 is 10.9 Å². The fraction of sp³-hybridized carbons (Fsp3) is 0.429. The van der Waals surface area contributed by atoms with Gasteiger partial charge in [0.25, 0.3) is 5.56 Å². The summed E-state index contributed by atoms with van der Waals surface area (Å²) in [4.78, 5) is 17.7. The summed E-state index contributed by atoms with van der Waals surface area (Å²) in [5.74, 6) is 0.319. The molecule has 0 spiro atoms. The Bertz CT molecular complexity index is 303. The van der Waals surface area contributed by atoms with Gasteiger partial charge in [-0.15, -0.1) is 0 Å². The average molecular weight is 151 g/mol. The van der Waals surface area contributed by atoms with Gasteiger partial charge in [0, 0.05) is 31.4 Å². The molecule has 0 bridgehead atoms. The largest absolute Gasteiger partial charge is 0.326 e. The smallest absolute Gasteiger partial charge is 0.270 e. The molecule has 58 valence electrons. The van der Waals surface area contributed by atoms with E-state index < -0.39 is 0 Å². The third-order valence-electron chi connectivity index (χ3n) is 1.90. The molecule has 0 saturated carbocycles. The normalized spacial score (nSPS) is 17.8. The third-order valence-corrected chi connectivity index (χ3v) is 1.90. The van der Waals surface area contributed by atoms with Gasteiger partial charge in [0.15, 0.2) is 0 Å². The number of hydrogen-bond donors (Lipinski definition) is 2. The Morgan fingerprint density at radius 2 is 2.36 bits per heavy atom. The number of hydrogen-bond acceptors (Lipinski definition) is 3. The highest BCUT2D eigenvalue weighted by Crippen LogP contribution is 2.12. The first-order valence-electron chi connectivity index (χ1n) is 3.62. The van der Waals surface area contributed by atoms with E-state index >= 15 is 0 Å². The van der Waals surface area contributed by atoms with Crippen LogP contribution in [0.5, 0.6) is 0 Å². The van der Waals surface area contributed by atoms with Crippen LogP contribution >= 0.6 is 0 Å². The van der Waals surface area contributed by atoms with Gasteiger partial charge in [-0.2, -0.15) is 0 Å². The van der Waals surface area contributed by atoms with Crippen molar-refractivity contribution in [1.82, 2.24) is 15.3 Å². The average Bonchev–Trinajstić information content (AvgIpc) is 1.90. The van der Waals surface area contributed by atoms with Crippen molar-refractivity contribution < 1.29 is 0 Å². The van der Waals surface area contributed by atoms with E-state index in [-0.39, 0.29) is 5.56 Å². The minimum Gasteiger partial charge on any atom is -0.326 e. The molecule has 1 fully saturated rings. The molecule has 2 N–H and O–H groups in total. The molecule has 0 unspecified atom stereocenters. The Morgan fingerprint density at radius 3 is 2.91 bits per heavy atom. The number of nitrogens with one attached hydrogen (secondary N) is 2. The molecule has 0 aromatic carbocycles. The van der Waals surface area contributed by atoms with Crippen LogP contribution in [0.3, 0.4) is 0 Å². The molecular formula is C7H9N3O. The molecule has 2 rings (SSSR count). The Hall–Kier alpha value is -1.16. The minimum absolute atomic E-state index is 0.0565. The molecule has 4 nitrogen and oxygen atoms in total. The van der Waals surface area contributed by atoms with Gasteiger partial charge in [-0.3, -0.25) is 9.78 Å². The second kappa shape index (κ2) is 2.47. The zero-order valence-corrected chi connectivity index (χ0v) is 6.00. The van der Waals surface area contributed by atoms with E-state index in [0.29, 0.717) is 11.6 Å². The fourth-order valence-corrected chi connectivity index (χ4v) is 1.14. The minimum atomic E-state index is -0.0565. The van der Waals surface area contributed by atoms with Gasteiger partial charge >= 0.3 is 0 Å². The molecule has 4 heteroatoms. The first kappa shape index (κ1) is 6.54. The second-order valence-corrected chi connectivity index (χ2v) is 2.66. The van der Waals surface area contributed by atoms with Crippen molar-refractivity contribution in [3.63, 3.8) is 0 Å². The number of H-pyrrole nitrogens is 1. The van der Waals surface area contributed by atoms with Crippen LogP contribution in [-0.4, -0.2) is 23.1 Å². The van der Waals surface area contributed by atoms with Crippen LogP contribution in [-0.2, 0) is 0 Å². The first-order chi connectivity index (χ1) is 5.38. The summed E-state index contributed by atoms with van der Waals surface area (Å²) in [5.41, 5.74) is 0.602. The van der Waals surface area contributed by atoms with Crippen molar-refractivity contribution in [3.05, 3.63) is 28.4 Å². The first-order valence-corrected chi connectivity index (χ1v) is 3.62. The van der Waals surface area contributed by atoms with E-state index in [0.717, 1.165) is 13.1 Å². The van der Waals surface area contributed by atoms with Crippen molar-refractivity contribution in [1.29, 1.82) is 0 Å². The van der Waals surface area contributed by atoms with Gasteiger partial charge in [0.1, 0.15) is 5.69 Å². The fourth-order valence-electron chi connectivity index (χ4n) is 1.14. The molecule has 2 heterocycles. The summed E-state index contributed by atoms with van der Waals surface area (Å²) < 4.78 is 0. The van der Waals surface area contributed by atoms with Gasteiger partial charge in [0.2, 0.25) is 0 Å². The van der Waals surface area contributed by atoms with Crippen molar-refractivity contribution in [2.75, 3.05) is 13.1 Å². The lowest BCUT2D eigenvalue weighted by Gasteiger charge is -2.25. The molecule has 1 saturated heterocycles. The van der Waals surface area contributed by atoms with E-state index in [1.807, 2.05) is 0 Å². The zero-order chi connectivity index (χ0) is 7.68. The predicted octanol–water partition coefficient (Wildman–Crippen LogP) is -0.543. The molecule has 11 heavy (non-hydrogen) atoms. The SMILES string of the molecule is O=c1[nH]ccnc1C1CNC1. The van der Waals surface area contributed by atoms with E-state index in [1.54, 1.807) is 12.4 Å². The molecule has 1 aliphatic rings. The summed E-state index contributed by atoms with van der Waals surface area (Å²) in [5, 5.41) is 3.09. The maximum Gasteiger partial charge on any atom is 0.270 e. The maximum atomic E-state index is 11.1. The van der Waals surface area contributed by atoms with Crippen LogP contribution in [0.4, 0.5) is 0 Å². The van der Waals surface area contributed by atoms with Gasteiger partial charge in [-0.05, 0) is 0 Å². The monoisotopic (exact) mass is 151 g/mol. The summed E-state index contributed by atoms with van der Waals surface area (Å²) in [6, 6.07) is 0. The van der Waals surface area contributed by atoms with Gasteiger partial charge in [0.05, 0.1) is 0 Å². The number of aromatic nitrogens is 2. The highest BCUT2D eigenvalue weighted by molar-refractivity contribution is 5.09. The highest BCUT2D eigenvalue weighted by atomic mass is 16.1. The topological polar surface area (TPSA) is 57.8 Å². The van der Waals surface area contributed by atoms with Crippen molar-refractivity contribution in [2.45, 2.75) is 5.92 Å². The molecule has 1 aromatic heterocycles. The highest BCUT2D eigenvalue weighted by Gasteiger charge is 2.22. The number of nitrogens with zero attached hydrogens (tertiary/aromatic N) is 1. The standard InChI is InChI=1S/C7H9N3O/c11-7-6(5-3-8-4-5)9-1-2-10-7/h1-2,5,8H,3-4H2,(H,10,11). The van der Waals surface area contributed by atoms with E-state index in [1.165, 1.54) is 0 Å². The Balaban J connectivity index is 2.36. The van der Waals surface area contributed by atoms with E-state index in [9.17, 15) is 4.79 Å². The molecule has 0 atom stereocenters. The van der Waals surface area contributed by atoms with Crippen molar-refractivity contribution in [2.24, 2.45) is 0 Å². The summed E-state index contributed by atoms with van der Waals surface area (Å²) in [6.45, 7) is 1.75. The summed E-state index contributed by atoms with van der Waals surface area (Å²) >= 11 is 0. The molecule has 0 amide bonds. The van der Waals surface area contributed by atoms with Crippen LogP contribution in [0.1, 0.15) is 11.6 Å². The molecule has 1 aromatic rings. The third kappa shape index (κ3) is 1.05. The summed E-state index contributed by atoms with van der Waals surface area (Å²) in [6.07, 6.45) is 3.17. The Labute approximate surface area is 63.7 Å². The molecule has 0 radical (unpaired) electrons. The number of aromatic amines is 1. The van der Waals surface area contributed by atoms with Crippen molar-refractivity contribution >= 4 is 0 Å². The van der Waals surface area contributed by atoms with Gasteiger partial charge < -0.3 is 10.3 Å². The lowest BCUT2D eigenvalue weighted by molar-refractivity contribution is 0.436. The maximum absolute atomic E-state index is 11.1. The quantitative estimate of drug-likeness (QED) is 0.566. The van der Waals surface area contributed by atoms with Crippen LogP contribution in [0.25, 0.3) is 0 Å². The second-order valence-electron chi connectivity index (χ2n) is 2.66. The van der Waals surface area contributed by atoms with Crippen LogP contribution in [0.2, 0.25) is 0 Å². The zero-order valence-electron chi connectivity index (χ0n) is 6.00. The lowest BCUT2D eigenvalue weighted by atomic mass is 10.00. The molecular weight excluding hydrogens is 142 g/mol. The molecule has 0 aliphatic carbocycles. The van der Waals surface area contributed by atoms with Crippen LogP contribution in [0.15, 0.2) is 17.2 Å². The Kier molecular flexibility index (Phi) is 1.47. The predicted molar refractivity (Wildman–Crippen MR) is 40.5 cm³/mol. The van der Waals surface area contributed by atoms with E-state index in [4.69, 9.17) is 0 Å². The Morgan fingerprint density at radius 1 is 1.55 bits per heavy atom. The van der Waals surface area contributed by atoms with E-state index in [2.05, 4.69) is 15.3 Å². The van der Waals surface area contributed by atoms with Gasteiger partial charge in [-0.1, -0.05) is 0 Å². The molecule has 1 aliphatic heterocycles. The lowest BCUT2D eigenvalue weighted by Crippen LogP contribution is -2.42. The van der Waals surface area contributed by atoms with Crippen LogP contribution in [0, 0.1) is 0 Å².